The van der Waals surface area contributed by atoms with E-state index in [2.05, 4.69) is 9.97 Å². The number of alkyl halides is 1. The van der Waals surface area contributed by atoms with Gasteiger partial charge in [0.05, 0.1) is 24.0 Å². The molecule has 3 nitrogen and oxygen atoms in total. The van der Waals surface area contributed by atoms with Gasteiger partial charge in [0.1, 0.15) is 5.82 Å². The normalized spacial score (nSPS) is 10.8. The van der Waals surface area contributed by atoms with Crippen LogP contribution in [0, 0.1) is 5.82 Å². The van der Waals surface area contributed by atoms with Crippen LogP contribution in [0.3, 0.4) is 0 Å². The summed E-state index contributed by atoms with van der Waals surface area (Å²) in [5, 5.41) is 0.866. The first-order valence-electron chi connectivity index (χ1n) is 4.99. The lowest BCUT2D eigenvalue weighted by atomic mass is 10.3. The minimum absolute atomic E-state index is 0.315. The van der Waals surface area contributed by atoms with Crippen LogP contribution in [0.1, 0.15) is 11.3 Å². The highest BCUT2D eigenvalue weighted by Gasteiger charge is 2.06. The van der Waals surface area contributed by atoms with Crippen molar-refractivity contribution < 1.29 is 4.39 Å². The van der Waals surface area contributed by atoms with Crippen molar-refractivity contribution in [1.82, 2.24) is 14.5 Å². The van der Waals surface area contributed by atoms with Gasteiger partial charge in [-0.1, -0.05) is 11.8 Å². The van der Waals surface area contributed by atoms with Gasteiger partial charge in [-0.2, -0.15) is 0 Å². The molecule has 17 heavy (non-hydrogen) atoms. The van der Waals surface area contributed by atoms with Gasteiger partial charge in [0.15, 0.2) is 5.16 Å². The second kappa shape index (κ2) is 5.51. The minimum atomic E-state index is -0.315. The van der Waals surface area contributed by atoms with Crippen molar-refractivity contribution in [3.63, 3.8) is 0 Å². The van der Waals surface area contributed by atoms with E-state index in [1.165, 1.54) is 24.0 Å². The number of hydrogen-bond acceptors (Lipinski definition) is 3. The maximum atomic E-state index is 12.9. The summed E-state index contributed by atoms with van der Waals surface area (Å²) in [6.45, 7) is 0. The Balaban J connectivity index is 2.05. The van der Waals surface area contributed by atoms with Crippen LogP contribution in [0.5, 0.6) is 0 Å². The molecule has 0 aliphatic rings. The van der Waals surface area contributed by atoms with Crippen LogP contribution in [0.25, 0.3) is 0 Å². The fraction of sp³-hybridized carbons (Fsp3) is 0.273. The van der Waals surface area contributed by atoms with E-state index < -0.39 is 0 Å². The lowest BCUT2D eigenvalue weighted by molar-refractivity contribution is 0.619. The van der Waals surface area contributed by atoms with Gasteiger partial charge in [-0.15, -0.1) is 11.6 Å². The molecular weight excluding hydrogens is 261 g/mol. The number of halogens is 2. The minimum Gasteiger partial charge on any atom is -0.325 e. The number of hydrogen-bond donors (Lipinski definition) is 0. The summed E-state index contributed by atoms with van der Waals surface area (Å²) in [6.07, 6.45) is 4.60. The largest absolute Gasteiger partial charge is 0.325 e. The summed E-state index contributed by atoms with van der Waals surface area (Å²) in [4.78, 5) is 8.06. The van der Waals surface area contributed by atoms with E-state index >= 15 is 0 Å². The fourth-order valence-corrected chi connectivity index (χ4v) is 2.51. The first kappa shape index (κ1) is 12.4. The van der Waals surface area contributed by atoms with Gasteiger partial charge < -0.3 is 4.57 Å². The molecule has 0 fully saturated rings. The Morgan fingerprint density at radius 2 is 2.24 bits per heavy atom. The summed E-state index contributed by atoms with van der Waals surface area (Å²) < 4.78 is 14.9. The molecule has 0 saturated carbocycles. The van der Waals surface area contributed by atoms with Crippen molar-refractivity contribution in [3.8, 4) is 0 Å². The summed E-state index contributed by atoms with van der Waals surface area (Å²) in [6, 6.07) is 1.48. The second-order valence-electron chi connectivity index (χ2n) is 3.52. The maximum absolute atomic E-state index is 12.9. The Hall–Kier alpha value is -1.07. The van der Waals surface area contributed by atoms with E-state index in [1.807, 2.05) is 11.6 Å². The number of imidazole rings is 1. The molecule has 0 aliphatic carbocycles. The van der Waals surface area contributed by atoms with Gasteiger partial charge in [-0.25, -0.2) is 9.37 Å². The van der Waals surface area contributed by atoms with Crippen LogP contribution in [0.2, 0.25) is 0 Å². The van der Waals surface area contributed by atoms with Crippen LogP contribution >= 0.6 is 23.4 Å². The molecule has 2 heterocycles. The first-order chi connectivity index (χ1) is 8.20. The van der Waals surface area contributed by atoms with Crippen molar-refractivity contribution in [2.75, 3.05) is 0 Å². The third kappa shape index (κ3) is 2.98. The molecule has 0 spiro atoms. The Labute approximate surface area is 108 Å². The Bertz CT molecular complexity index is 515. The molecule has 6 heteroatoms. The smallest absolute Gasteiger partial charge is 0.168 e. The zero-order valence-corrected chi connectivity index (χ0v) is 10.8. The summed E-state index contributed by atoms with van der Waals surface area (Å²) in [5.74, 6) is 0.757. The molecule has 2 aromatic rings. The lowest BCUT2D eigenvalue weighted by Crippen LogP contribution is -1.96. The van der Waals surface area contributed by atoms with Gasteiger partial charge in [0.25, 0.3) is 0 Å². The van der Waals surface area contributed by atoms with E-state index in [9.17, 15) is 4.39 Å². The SMILES string of the molecule is Cn1c(CCl)cnc1SCc1cncc(F)c1. The number of thioether (sulfide) groups is 1. The molecule has 2 rings (SSSR count). The van der Waals surface area contributed by atoms with E-state index in [1.54, 1.807) is 12.4 Å². The topological polar surface area (TPSA) is 30.7 Å². The molecule has 0 atom stereocenters. The fourth-order valence-electron chi connectivity index (χ4n) is 1.37. The number of rotatable bonds is 4. The molecule has 0 saturated heterocycles. The van der Waals surface area contributed by atoms with Gasteiger partial charge in [0.2, 0.25) is 0 Å². The summed E-state index contributed by atoms with van der Waals surface area (Å²) in [7, 11) is 1.91. The molecule has 0 radical (unpaired) electrons. The summed E-state index contributed by atoms with van der Waals surface area (Å²) >= 11 is 7.29. The van der Waals surface area contributed by atoms with Gasteiger partial charge in [-0.3, -0.25) is 4.98 Å². The van der Waals surface area contributed by atoms with Crippen LogP contribution in [0.15, 0.2) is 29.8 Å². The van der Waals surface area contributed by atoms with E-state index in [4.69, 9.17) is 11.6 Å². The molecule has 0 N–H and O–H groups in total. The van der Waals surface area contributed by atoms with Crippen molar-refractivity contribution in [2.24, 2.45) is 7.05 Å². The van der Waals surface area contributed by atoms with Crippen molar-refractivity contribution in [2.45, 2.75) is 16.8 Å². The van der Waals surface area contributed by atoms with Crippen LogP contribution in [-0.2, 0) is 18.7 Å². The van der Waals surface area contributed by atoms with Crippen molar-refractivity contribution in [1.29, 1.82) is 0 Å². The lowest BCUT2D eigenvalue weighted by Gasteiger charge is -2.03. The summed E-state index contributed by atoms with van der Waals surface area (Å²) in [5.41, 5.74) is 1.80. The Kier molecular flexibility index (Phi) is 4.02. The number of pyridine rings is 1. The molecule has 0 amide bonds. The third-order valence-electron chi connectivity index (χ3n) is 2.31. The van der Waals surface area contributed by atoms with E-state index in [0.29, 0.717) is 11.6 Å². The molecule has 0 unspecified atom stereocenters. The molecule has 2 aromatic heterocycles. The zero-order chi connectivity index (χ0) is 12.3. The third-order valence-corrected chi connectivity index (χ3v) is 3.70. The Morgan fingerprint density at radius 3 is 2.88 bits per heavy atom. The number of aromatic nitrogens is 3. The highest BCUT2D eigenvalue weighted by Crippen LogP contribution is 2.22. The zero-order valence-electron chi connectivity index (χ0n) is 9.23. The van der Waals surface area contributed by atoms with Crippen LogP contribution < -0.4 is 0 Å². The van der Waals surface area contributed by atoms with Gasteiger partial charge in [-0.05, 0) is 11.6 Å². The predicted octanol–water partition coefficient (Wildman–Crippen LogP) is 2.99. The molecule has 0 aromatic carbocycles. The highest BCUT2D eigenvalue weighted by atomic mass is 35.5. The highest BCUT2D eigenvalue weighted by molar-refractivity contribution is 7.98. The van der Waals surface area contributed by atoms with E-state index in [-0.39, 0.29) is 5.82 Å². The second-order valence-corrected chi connectivity index (χ2v) is 4.73. The average molecular weight is 272 g/mol. The molecule has 0 bridgehead atoms. The molecule has 90 valence electrons. The van der Waals surface area contributed by atoms with Crippen molar-refractivity contribution in [3.05, 3.63) is 41.7 Å². The van der Waals surface area contributed by atoms with E-state index in [0.717, 1.165) is 16.4 Å². The molecule has 0 aliphatic heterocycles. The quantitative estimate of drug-likeness (QED) is 0.633. The standard InChI is InChI=1S/C11H11ClFN3S/c1-16-10(3-12)6-15-11(16)17-7-8-2-9(13)5-14-4-8/h2,4-6H,3,7H2,1H3. The molecular formula is C11H11ClFN3S. The average Bonchev–Trinajstić information content (AvgIpc) is 2.67. The van der Waals surface area contributed by atoms with Gasteiger partial charge >= 0.3 is 0 Å². The van der Waals surface area contributed by atoms with Crippen LogP contribution in [-0.4, -0.2) is 14.5 Å². The van der Waals surface area contributed by atoms with Crippen LogP contribution in [0.4, 0.5) is 4.39 Å². The first-order valence-corrected chi connectivity index (χ1v) is 6.51. The maximum Gasteiger partial charge on any atom is 0.168 e. The Morgan fingerprint density at radius 1 is 1.41 bits per heavy atom. The predicted molar refractivity (Wildman–Crippen MR) is 66.5 cm³/mol. The monoisotopic (exact) mass is 271 g/mol. The van der Waals surface area contributed by atoms with Gasteiger partial charge in [0, 0.05) is 19.0 Å². The number of nitrogens with zero attached hydrogens (tertiary/aromatic N) is 3. The van der Waals surface area contributed by atoms with Crippen molar-refractivity contribution >= 4 is 23.4 Å².